The number of nitrogens with two attached hydrogens (primary N) is 1. The Morgan fingerprint density at radius 2 is 1.24 bits per heavy atom. The zero-order valence-electron chi connectivity index (χ0n) is 22.9. The molecule has 0 spiro atoms. The quantitative estimate of drug-likeness (QED) is 0.0892. The summed E-state index contributed by atoms with van der Waals surface area (Å²) < 4.78 is 32.2. The van der Waals surface area contributed by atoms with Crippen molar-refractivity contribution in [3.8, 4) is 0 Å². The molecule has 0 aromatic rings. The van der Waals surface area contributed by atoms with Gasteiger partial charge in [0.1, 0.15) is 0 Å². The molecule has 0 saturated carbocycles. The molecule has 0 rings (SSSR count). The smallest absolute Gasteiger partial charge is 0.466 e. The molecule has 8 heteroatoms. The molecule has 0 radical (unpaired) electrons. The first-order chi connectivity index (χ1) is 16.1. The third kappa shape index (κ3) is 19.8. The summed E-state index contributed by atoms with van der Waals surface area (Å²) in [6, 6.07) is 0. The Labute approximate surface area is 209 Å². The number of hydrogen-bond donors (Lipinski definition) is 1. The van der Waals surface area contributed by atoms with Gasteiger partial charge in [0.25, 0.3) is 0 Å². The van der Waals surface area contributed by atoms with Crippen LogP contribution in [0, 0.1) is 23.7 Å². The van der Waals surface area contributed by atoms with Gasteiger partial charge in [-0.1, -0.05) is 92.4 Å². The van der Waals surface area contributed by atoms with Crippen LogP contribution in [-0.2, 0) is 27.7 Å². The second-order valence-corrected chi connectivity index (χ2v) is 12.1. The van der Waals surface area contributed by atoms with Gasteiger partial charge in [0.05, 0.1) is 19.8 Å². The van der Waals surface area contributed by atoms with E-state index in [4.69, 9.17) is 24.0 Å². The number of hydrogen-bond acceptors (Lipinski definition) is 7. The lowest BCUT2D eigenvalue weighted by atomic mass is 9.91. The summed E-state index contributed by atoms with van der Waals surface area (Å²) in [5, 5.41) is 0. The van der Waals surface area contributed by atoms with Gasteiger partial charge in [-0.2, -0.15) is 0 Å². The number of esters is 1. The van der Waals surface area contributed by atoms with Crippen molar-refractivity contribution >= 4 is 13.8 Å². The molecule has 0 fully saturated rings. The van der Waals surface area contributed by atoms with Crippen molar-refractivity contribution in [2.75, 3.05) is 33.5 Å². The molecule has 0 aliphatic carbocycles. The summed E-state index contributed by atoms with van der Waals surface area (Å²) in [6.07, 6.45) is 12.3. The first kappa shape index (κ1) is 33.5. The minimum atomic E-state index is -3.57. The monoisotopic (exact) mass is 507 g/mol. The second kappa shape index (κ2) is 20.7. The summed E-state index contributed by atoms with van der Waals surface area (Å²) in [6.45, 7) is 12.1. The minimum Gasteiger partial charge on any atom is -0.466 e. The molecule has 4 atom stereocenters. The van der Waals surface area contributed by atoms with Crippen LogP contribution in [0.3, 0.4) is 0 Å². The highest BCUT2D eigenvalue weighted by atomic mass is 31.2. The standard InChI is InChI=1S/C26H54NO6P/c1-22(2)11-7-12-23(3)13-8-14-24(4)15-9-16-25(5)21-26(28)31-18-10-19-32-34(29,30-6)33-20-17-27/h22-25H,7-21,27H2,1-6H3. The first-order valence-corrected chi connectivity index (χ1v) is 14.9. The van der Waals surface area contributed by atoms with Gasteiger partial charge < -0.3 is 10.5 Å². The van der Waals surface area contributed by atoms with E-state index >= 15 is 0 Å². The lowest BCUT2D eigenvalue weighted by Gasteiger charge is -2.16. The molecule has 2 N–H and O–H groups in total. The van der Waals surface area contributed by atoms with Gasteiger partial charge in [-0.05, 0) is 23.7 Å². The summed E-state index contributed by atoms with van der Waals surface area (Å²) in [7, 11) is -2.31. The zero-order chi connectivity index (χ0) is 25.8. The van der Waals surface area contributed by atoms with Crippen molar-refractivity contribution < 1.29 is 27.7 Å². The van der Waals surface area contributed by atoms with E-state index in [1.807, 2.05) is 0 Å². The molecule has 0 aromatic carbocycles. The predicted octanol–water partition coefficient (Wildman–Crippen LogP) is 7.13. The van der Waals surface area contributed by atoms with Gasteiger partial charge in [-0.25, -0.2) is 4.57 Å². The molecular weight excluding hydrogens is 453 g/mol. The van der Waals surface area contributed by atoms with E-state index in [0.29, 0.717) is 18.8 Å². The van der Waals surface area contributed by atoms with Gasteiger partial charge in [0.15, 0.2) is 0 Å². The van der Waals surface area contributed by atoms with Crippen LogP contribution in [0.15, 0.2) is 0 Å². The van der Waals surface area contributed by atoms with E-state index in [1.54, 1.807) is 0 Å². The van der Waals surface area contributed by atoms with Gasteiger partial charge in [0.2, 0.25) is 0 Å². The minimum absolute atomic E-state index is 0.0918. The van der Waals surface area contributed by atoms with Crippen LogP contribution in [0.5, 0.6) is 0 Å². The number of rotatable bonds is 23. The predicted molar refractivity (Wildman–Crippen MR) is 140 cm³/mol. The van der Waals surface area contributed by atoms with Crippen molar-refractivity contribution in [2.24, 2.45) is 29.4 Å². The third-order valence-electron chi connectivity index (χ3n) is 6.17. The van der Waals surface area contributed by atoms with Crippen LogP contribution in [0.2, 0.25) is 0 Å². The molecule has 4 unspecified atom stereocenters. The Balaban J connectivity index is 3.78. The summed E-state index contributed by atoms with van der Waals surface area (Å²) >= 11 is 0. The molecule has 0 aliphatic rings. The fourth-order valence-electron chi connectivity index (χ4n) is 3.97. The highest BCUT2D eigenvalue weighted by Crippen LogP contribution is 2.48. The van der Waals surface area contributed by atoms with E-state index in [1.165, 1.54) is 52.1 Å². The maximum atomic E-state index is 12.0. The van der Waals surface area contributed by atoms with Crippen LogP contribution < -0.4 is 5.73 Å². The van der Waals surface area contributed by atoms with Crippen LogP contribution in [0.25, 0.3) is 0 Å². The first-order valence-electron chi connectivity index (χ1n) is 13.4. The zero-order valence-corrected chi connectivity index (χ0v) is 23.8. The molecular formula is C26H54NO6P. The lowest BCUT2D eigenvalue weighted by Crippen LogP contribution is -2.12. The molecule has 0 saturated heterocycles. The molecule has 7 nitrogen and oxygen atoms in total. The fraction of sp³-hybridized carbons (Fsp3) is 0.962. The largest absolute Gasteiger partial charge is 0.474 e. The van der Waals surface area contributed by atoms with E-state index < -0.39 is 7.82 Å². The molecule has 0 heterocycles. The third-order valence-corrected chi connectivity index (χ3v) is 7.62. The number of phosphoric ester groups is 1. The second-order valence-electron chi connectivity index (χ2n) is 10.4. The molecule has 0 bridgehead atoms. The normalized spacial score (nSPS) is 16.2. The summed E-state index contributed by atoms with van der Waals surface area (Å²) in [4.78, 5) is 12.0. The van der Waals surface area contributed by atoms with Gasteiger partial charge >= 0.3 is 13.8 Å². The van der Waals surface area contributed by atoms with Crippen LogP contribution in [0.4, 0.5) is 0 Å². The number of carbonyl (C=O) groups is 1. The Morgan fingerprint density at radius 3 is 1.74 bits per heavy atom. The van der Waals surface area contributed by atoms with E-state index in [0.717, 1.165) is 30.6 Å². The Morgan fingerprint density at radius 1 is 0.735 bits per heavy atom. The SMILES string of the molecule is COP(=O)(OCCN)OCCCOC(=O)CC(C)CCCC(C)CCCC(C)CCCC(C)C. The van der Waals surface area contributed by atoms with Gasteiger partial charge in [-0.3, -0.25) is 18.4 Å². The molecule has 204 valence electrons. The molecule has 0 amide bonds. The molecule has 0 aliphatic heterocycles. The van der Waals surface area contributed by atoms with Crippen LogP contribution in [0.1, 0.15) is 105 Å². The average Bonchev–Trinajstić information content (AvgIpc) is 2.77. The van der Waals surface area contributed by atoms with E-state index in [-0.39, 0.29) is 32.3 Å². The fourth-order valence-corrected chi connectivity index (χ4v) is 4.93. The Bertz CT molecular complexity index is 545. The van der Waals surface area contributed by atoms with Crippen molar-refractivity contribution in [2.45, 2.75) is 105 Å². The highest BCUT2D eigenvalue weighted by Gasteiger charge is 2.24. The lowest BCUT2D eigenvalue weighted by molar-refractivity contribution is -0.144. The maximum absolute atomic E-state index is 12.0. The number of ether oxygens (including phenoxy) is 1. The van der Waals surface area contributed by atoms with Crippen molar-refractivity contribution in [3.05, 3.63) is 0 Å². The Kier molecular flexibility index (Phi) is 20.4. The summed E-state index contributed by atoms with van der Waals surface area (Å²) in [5.74, 6) is 2.54. The molecule has 34 heavy (non-hydrogen) atoms. The topological polar surface area (TPSA) is 97.1 Å². The van der Waals surface area contributed by atoms with Crippen molar-refractivity contribution in [3.63, 3.8) is 0 Å². The highest BCUT2D eigenvalue weighted by molar-refractivity contribution is 7.48. The van der Waals surface area contributed by atoms with Crippen molar-refractivity contribution in [1.29, 1.82) is 0 Å². The summed E-state index contributed by atoms with van der Waals surface area (Å²) in [5.41, 5.74) is 5.32. The van der Waals surface area contributed by atoms with Crippen LogP contribution in [-0.4, -0.2) is 39.4 Å². The van der Waals surface area contributed by atoms with Crippen molar-refractivity contribution in [1.82, 2.24) is 0 Å². The van der Waals surface area contributed by atoms with E-state index in [2.05, 4.69) is 34.6 Å². The molecule has 0 aromatic heterocycles. The number of carbonyl (C=O) groups excluding carboxylic acids is 1. The van der Waals surface area contributed by atoms with Gasteiger partial charge in [-0.15, -0.1) is 0 Å². The van der Waals surface area contributed by atoms with Gasteiger partial charge in [0, 0.05) is 26.5 Å². The van der Waals surface area contributed by atoms with Crippen LogP contribution >= 0.6 is 7.82 Å². The maximum Gasteiger partial charge on any atom is 0.474 e. The van der Waals surface area contributed by atoms with E-state index in [9.17, 15) is 9.36 Å². The average molecular weight is 508 g/mol. The number of phosphoric acid groups is 1. The Hall–Kier alpha value is -0.460.